The van der Waals surface area contributed by atoms with Crippen LogP contribution in [0.4, 0.5) is 5.69 Å². The highest BCUT2D eigenvalue weighted by atomic mass is 16.6. The van der Waals surface area contributed by atoms with E-state index in [1.807, 2.05) is 24.3 Å². The van der Waals surface area contributed by atoms with Crippen LogP contribution in [0.5, 0.6) is 5.75 Å². The lowest BCUT2D eigenvalue weighted by molar-refractivity contribution is -0.384. The molecule has 0 radical (unpaired) electrons. The normalized spacial score (nSPS) is 11.9. The number of carbonyl (C=O) groups excluding carboxylic acids is 1. The lowest BCUT2D eigenvalue weighted by atomic mass is 10.0. The third kappa shape index (κ3) is 5.42. The average molecular weight is 341 g/mol. The SMILES string of the molecule is COc1cccc(CC(C)C(=O)NN=Cc2cccc([N+](=O)[O-])c2)c1. The number of nitro groups is 1. The molecule has 0 spiro atoms. The number of nitrogens with zero attached hydrogens (tertiary/aromatic N) is 2. The summed E-state index contributed by atoms with van der Waals surface area (Å²) in [5.74, 6) is 0.229. The Bertz CT molecular complexity index is 789. The lowest BCUT2D eigenvalue weighted by Crippen LogP contribution is -2.26. The van der Waals surface area contributed by atoms with Crippen molar-refractivity contribution in [2.75, 3.05) is 7.11 Å². The van der Waals surface area contributed by atoms with E-state index in [0.717, 1.165) is 11.3 Å². The number of carbonyl (C=O) groups is 1. The molecule has 1 amide bonds. The van der Waals surface area contributed by atoms with E-state index in [2.05, 4.69) is 10.5 Å². The van der Waals surface area contributed by atoms with Crippen LogP contribution in [0.1, 0.15) is 18.1 Å². The summed E-state index contributed by atoms with van der Waals surface area (Å²) in [6.45, 7) is 1.80. The summed E-state index contributed by atoms with van der Waals surface area (Å²) in [7, 11) is 1.60. The van der Waals surface area contributed by atoms with Gasteiger partial charge in [0.25, 0.3) is 5.69 Å². The van der Waals surface area contributed by atoms with Gasteiger partial charge in [0.15, 0.2) is 0 Å². The molecule has 0 aromatic heterocycles. The van der Waals surface area contributed by atoms with E-state index in [0.29, 0.717) is 12.0 Å². The number of amides is 1. The van der Waals surface area contributed by atoms with Gasteiger partial charge in [-0.1, -0.05) is 31.2 Å². The number of nitrogens with one attached hydrogen (secondary N) is 1. The van der Waals surface area contributed by atoms with Gasteiger partial charge in [0, 0.05) is 23.6 Å². The van der Waals surface area contributed by atoms with Gasteiger partial charge in [-0.3, -0.25) is 14.9 Å². The van der Waals surface area contributed by atoms with Gasteiger partial charge >= 0.3 is 0 Å². The van der Waals surface area contributed by atoms with Crippen LogP contribution in [0.2, 0.25) is 0 Å². The minimum absolute atomic E-state index is 0.0262. The second kappa shape index (κ2) is 8.58. The largest absolute Gasteiger partial charge is 0.497 e. The molecule has 130 valence electrons. The highest BCUT2D eigenvalue weighted by molar-refractivity contribution is 5.83. The van der Waals surface area contributed by atoms with Gasteiger partial charge in [0.05, 0.1) is 18.2 Å². The van der Waals surface area contributed by atoms with E-state index >= 15 is 0 Å². The van der Waals surface area contributed by atoms with Crippen LogP contribution in [0.3, 0.4) is 0 Å². The third-order valence-electron chi connectivity index (χ3n) is 3.59. The van der Waals surface area contributed by atoms with Crippen LogP contribution >= 0.6 is 0 Å². The zero-order valence-electron chi connectivity index (χ0n) is 14.0. The van der Waals surface area contributed by atoms with E-state index < -0.39 is 4.92 Å². The van der Waals surface area contributed by atoms with Crippen LogP contribution in [-0.2, 0) is 11.2 Å². The molecule has 0 aliphatic carbocycles. The quantitative estimate of drug-likeness (QED) is 0.476. The van der Waals surface area contributed by atoms with Crippen molar-refractivity contribution in [2.24, 2.45) is 11.0 Å². The minimum atomic E-state index is -0.480. The molecule has 2 aromatic rings. The molecule has 1 N–H and O–H groups in total. The van der Waals surface area contributed by atoms with Gasteiger partial charge in [-0.2, -0.15) is 5.10 Å². The van der Waals surface area contributed by atoms with E-state index in [9.17, 15) is 14.9 Å². The van der Waals surface area contributed by atoms with Crippen molar-refractivity contribution in [1.82, 2.24) is 5.43 Å². The Morgan fingerprint density at radius 3 is 2.80 bits per heavy atom. The molecule has 1 atom stereocenters. The molecule has 0 heterocycles. The first kappa shape index (κ1) is 18.1. The predicted octanol–water partition coefficient (Wildman–Crippen LogP) is 2.93. The fraction of sp³-hybridized carbons (Fsp3) is 0.222. The van der Waals surface area contributed by atoms with E-state index in [1.54, 1.807) is 26.2 Å². The van der Waals surface area contributed by atoms with Crippen molar-refractivity contribution in [1.29, 1.82) is 0 Å². The maximum absolute atomic E-state index is 12.1. The number of hydrogen-bond donors (Lipinski definition) is 1. The molecule has 7 heteroatoms. The molecular weight excluding hydrogens is 322 g/mol. The number of ether oxygens (including phenoxy) is 1. The number of nitro benzene ring substituents is 1. The van der Waals surface area contributed by atoms with E-state index in [1.165, 1.54) is 18.3 Å². The Morgan fingerprint density at radius 2 is 2.08 bits per heavy atom. The number of benzene rings is 2. The monoisotopic (exact) mass is 341 g/mol. The number of non-ortho nitro benzene ring substituents is 1. The fourth-order valence-corrected chi connectivity index (χ4v) is 2.24. The molecule has 2 rings (SSSR count). The van der Waals surface area contributed by atoms with Gasteiger partial charge in [0.1, 0.15) is 5.75 Å². The topological polar surface area (TPSA) is 93.8 Å². The van der Waals surface area contributed by atoms with Gasteiger partial charge in [0.2, 0.25) is 5.91 Å². The summed E-state index contributed by atoms with van der Waals surface area (Å²) < 4.78 is 5.17. The number of hydrazone groups is 1. The second-order valence-corrected chi connectivity index (χ2v) is 5.54. The zero-order valence-corrected chi connectivity index (χ0v) is 14.0. The summed E-state index contributed by atoms with van der Waals surface area (Å²) >= 11 is 0. The second-order valence-electron chi connectivity index (χ2n) is 5.54. The smallest absolute Gasteiger partial charge is 0.270 e. The molecule has 0 bridgehead atoms. The summed E-state index contributed by atoms with van der Waals surface area (Å²) in [6, 6.07) is 13.5. The Kier molecular flexibility index (Phi) is 6.22. The average Bonchev–Trinajstić information content (AvgIpc) is 2.62. The third-order valence-corrected chi connectivity index (χ3v) is 3.59. The van der Waals surface area contributed by atoms with Gasteiger partial charge < -0.3 is 4.74 Å². The summed E-state index contributed by atoms with van der Waals surface area (Å²) in [5, 5.41) is 14.6. The molecule has 25 heavy (non-hydrogen) atoms. The Morgan fingerprint density at radius 1 is 1.32 bits per heavy atom. The molecule has 0 saturated carbocycles. The van der Waals surface area contributed by atoms with Crippen molar-refractivity contribution >= 4 is 17.8 Å². The van der Waals surface area contributed by atoms with Crippen LogP contribution in [0.25, 0.3) is 0 Å². The molecule has 1 unspecified atom stereocenters. The molecule has 0 saturated heterocycles. The molecule has 2 aromatic carbocycles. The van der Waals surface area contributed by atoms with Gasteiger partial charge in [-0.25, -0.2) is 5.43 Å². The van der Waals surface area contributed by atoms with Gasteiger partial charge in [-0.05, 0) is 24.1 Å². The minimum Gasteiger partial charge on any atom is -0.497 e. The highest BCUT2D eigenvalue weighted by Gasteiger charge is 2.13. The number of rotatable bonds is 7. The predicted molar refractivity (Wildman–Crippen MR) is 94.7 cm³/mol. The Hall–Kier alpha value is -3.22. The first-order chi connectivity index (χ1) is 12.0. The van der Waals surface area contributed by atoms with Crippen molar-refractivity contribution in [3.05, 3.63) is 69.8 Å². The standard InChI is InChI=1S/C18H19N3O4/c1-13(9-14-5-4-8-17(11-14)25-2)18(22)20-19-12-15-6-3-7-16(10-15)21(23)24/h3-8,10-13H,9H2,1-2H3,(H,20,22). The van der Waals surface area contributed by atoms with Crippen LogP contribution in [0.15, 0.2) is 53.6 Å². The maximum Gasteiger partial charge on any atom is 0.270 e. The fourth-order valence-electron chi connectivity index (χ4n) is 2.24. The molecule has 7 nitrogen and oxygen atoms in total. The van der Waals surface area contributed by atoms with E-state index in [-0.39, 0.29) is 17.5 Å². The van der Waals surface area contributed by atoms with E-state index in [4.69, 9.17) is 4.74 Å². The van der Waals surface area contributed by atoms with Crippen LogP contribution < -0.4 is 10.2 Å². The van der Waals surface area contributed by atoms with Crippen LogP contribution in [-0.4, -0.2) is 24.2 Å². The zero-order chi connectivity index (χ0) is 18.2. The first-order valence-electron chi connectivity index (χ1n) is 7.70. The summed E-state index contributed by atoms with van der Waals surface area (Å²) in [6.07, 6.45) is 1.93. The summed E-state index contributed by atoms with van der Waals surface area (Å²) in [5.41, 5.74) is 3.96. The first-order valence-corrected chi connectivity index (χ1v) is 7.70. The highest BCUT2D eigenvalue weighted by Crippen LogP contribution is 2.16. The van der Waals surface area contributed by atoms with Crippen molar-refractivity contribution < 1.29 is 14.5 Å². The molecule has 0 aliphatic heterocycles. The number of methoxy groups -OCH3 is 1. The molecular formula is C18H19N3O4. The Balaban J connectivity index is 1.92. The van der Waals surface area contributed by atoms with Crippen molar-refractivity contribution in [3.8, 4) is 5.75 Å². The summed E-state index contributed by atoms with van der Waals surface area (Å²) in [4.78, 5) is 22.3. The van der Waals surface area contributed by atoms with Crippen molar-refractivity contribution in [2.45, 2.75) is 13.3 Å². The van der Waals surface area contributed by atoms with Crippen molar-refractivity contribution in [3.63, 3.8) is 0 Å². The number of hydrogen-bond acceptors (Lipinski definition) is 5. The maximum atomic E-state index is 12.1. The molecule has 0 fully saturated rings. The molecule has 0 aliphatic rings. The van der Waals surface area contributed by atoms with Crippen LogP contribution in [0, 0.1) is 16.0 Å². The lowest BCUT2D eigenvalue weighted by Gasteiger charge is -2.10. The van der Waals surface area contributed by atoms with Gasteiger partial charge in [-0.15, -0.1) is 0 Å². The Labute approximate surface area is 145 Å².